The number of aromatic nitrogens is 1. The van der Waals surface area contributed by atoms with E-state index in [9.17, 15) is 14.4 Å². The van der Waals surface area contributed by atoms with Crippen molar-refractivity contribution in [3.8, 4) is 0 Å². The monoisotopic (exact) mass is 439 g/mol. The van der Waals surface area contributed by atoms with E-state index in [1.165, 1.54) is 17.8 Å². The highest BCUT2D eigenvalue weighted by Crippen LogP contribution is 2.36. The number of nitrogens with zero attached hydrogens (tertiary/aromatic N) is 1. The first-order chi connectivity index (χ1) is 13.3. The molecule has 7 nitrogen and oxygen atoms in total. The van der Waals surface area contributed by atoms with Crippen LogP contribution in [-0.4, -0.2) is 34.6 Å². The highest BCUT2D eigenvalue weighted by molar-refractivity contribution is 8.01. The molecule has 0 saturated heterocycles. The first kappa shape index (κ1) is 20.4. The van der Waals surface area contributed by atoms with Gasteiger partial charge in [-0.05, 0) is 25.1 Å². The molecule has 0 saturated carbocycles. The third kappa shape index (κ3) is 4.95. The van der Waals surface area contributed by atoms with Gasteiger partial charge in [0.2, 0.25) is 5.91 Å². The van der Waals surface area contributed by atoms with Gasteiger partial charge in [0.1, 0.15) is 0 Å². The number of thioether (sulfide) groups is 1. The zero-order valence-electron chi connectivity index (χ0n) is 14.6. The molecule has 2 aromatic rings. The number of halogens is 2. The zero-order chi connectivity index (χ0) is 20.3. The second kappa shape index (κ2) is 8.81. The molecule has 146 valence electrons. The summed E-state index contributed by atoms with van der Waals surface area (Å²) in [5.74, 6) is -1.41. The number of hydrogen-bond donors (Lipinski definition) is 2. The van der Waals surface area contributed by atoms with Crippen molar-refractivity contribution in [3.05, 3.63) is 46.1 Å². The number of ether oxygens (including phenoxy) is 1. The van der Waals surface area contributed by atoms with Crippen LogP contribution in [0.5, 0.6) is 0 Å². The lowest BCUT2D eigenvalue weighted by molar-refractivity contribution is -0.147. The molecule has 1 aliphatic heterocycles. The Balaban J connectivity index is 1.51. The number of amides is 2. The van der Waals surface area contributed by atoms with E-state index < -0.39 is 23.7 Å². The number of anilines is 2. The molecule has 0 unspecified atom stereocenters. The Bertz CT molecular complexity index is 954. The molecular formula is C18H15Cl2N3O4S. The van der Waals surface area contributed by atoms with E-state index in [4.69, 9.17) is 27.9 Å². The summed E-state index contributed by atoms with van der Waals surface area (Å²) in [6, 6.07) is 8.77. The lowest BCUT2D eigenvalue weighted by Crippen LogP contribution is -2.32. The molecular weight excluding hydrogens is 425 g/mol. The number of carbonyl (C=O) groups is 3. The van der Waals surface area contributed by atoms with Crippen molar-refractivity contribution in [2.45, 2.75) is 23.5 Å². The van der Waals surface area contributed by atoms with Crippen LogP contribution in [0.4, 0.5) is 11.5 Å². The Morgan fingerprint density at radius 3 is 2.82 bits per heavy atom. The van der Waals surface area contributed by atoms with Crippen LogP contribution in [0.25, 0.3) is 0 Å². The zero-order valence-corrected chi connectivity index (χ0v) is 17.0. The SMILES string of the molecule is Cc1nc(NC(=O)COC(=O)C[C@H]2Sc3ccccc3NC2=O)c(Cl)cc1Cl. The fourth-order valence-electron chi connectivity index (χ4n) is 2.40. The lowest BCUT2D eigenvalue weighted by atomic mass is 10.2. The van der Waals surface area contributed by atoms with Gasteiger partial charge in [-0.25, -0.2) is 4.98 Å². The number of carbonyl (C=O) groups excluding carboxylic acids is 3. The Labute approximate surface area is 175 Å². The largest absolute Gasteiger partial charge is 0.456 e. The first-order valence-electron chi connectivity index (χ1n) is 8.18. The van der Waals surface area contributed by atoms with Crippen molar-refractivity contribution < 1.29 is 19.1 Å². The fraction of sp³-hybridized carbons (Fsp3) is 0.222. The molecule has 0 aliphatic carbocycles. The summed E-state index contributed by atoms with van der Waals surface area (Å²) in [5.41, 5.74) is 1.21. The average Bonchev–Trinajstić information content (AvgIpc) is 2.65. The molecule has 28 heavy (non-hydrogen) atoms. The van der Waals surface area contributed by atoms with Crippen molar-refractivity contribution in [2.24, 2.45) is 0 Å². The second-order valence-corrected chi connectivity index (χ2v) is 7.95. The second-order valence-electron chi connectivity index (χ2n) is 5.89. The number of pyridine rings is 1. The van der Waals surface area contributed by atoms with Gasteiger partial charge in [0, 0.05) is 4.90 Å². The lowest BCUT2D eigenvalue weighted by Gasteiger charge is -2.23. The molecule has 0 radical (unpaired) electrons. The molecule has 1 aliphatic rings. The maximum Gasteiger partial charge on any atom is 0.307 e. The van der Waals surface area contributed by atoms with Gasteiger partial charge in [-0.15, -0.1) is 11.8 Å². The maximum absolute atomic E-state index is 12.1. The number of nitrogens with one attached hydrogen (secondary N) is 2. The minimum absolute atomic E-state index is 0.128. The van der Waals surface area contributed by atoms with Crippen LogP contribution >= 0.6 is 35.0 Å². The highest BCUT2D eigenvalue weighted by Gasteiger charge is 2.29. The van der Waals surface area contributed by atoms with Gasteiger partial charge in [-0.2, -0.15) is 0 Å². The van der Waals surface area contributed by atoms with Crippen molar-refractivity contribution in [1.29, 1.82) is 0 Å². The number of esters is 1. The van der Waals surface area contributed by atoms with Crippen molar-refractivity contribution in [3.63, 3.8) is 0 Å². The third-order valence-corrected chi connectivity index (χ3v) is 5.73. The molecule has 0 bridgehead atoms. The van der Waals surface area contributed by atoms with Crippen LogP contribution in [-0.2, 0) is 19.1 Å². The Hall–Kier alpha value is -2.29. The van der Waals surface area contributed by atoms with Crippen molar-refractivity contribution >= 4 is 64.3 Å². The number of aryl methyl sites for hydroxylation is 1. The van der Waals surface area contributed by atoms with Gasteiger partial charge in [0.05, 0.1) is 33.1 Å². The molecule has 1 aromatic carbocycles. The van der Waals surface area contributed by atoms with Gasteiger partial charge in [0.25, 0.3) is 5.91 Å². The summed E-state index contributed by atoms with van der Waals surface area (Å²) >= 11 is 13.2. The standard InChI is InChI=1S/C18H15Cl2N3O4S/c1-9-10(19)6-11(20)17(21-9)23-15(24)8-27-16(25)7-14-18(26)22-12-4-2-3-5-13(12)28-14/h2-6,14H,7-8H2,1H3,(H,22,26)(H,21,23,24)/t14-/m1/s1. The molecule has 1 aromatic heterocycles. The summed E-state index contributed by atoms with van der Waals surface area (Å²) in [6.07, 6.45) is -0.156. The summed E-state index contributed by atoms with van der Waals surface area (Å²) in [4.78, 5) is 41.1. The van der Waals surface area contributed by atoms with Gasteiger partial charge in [-0.3, -0.25) is 14.4 Å². The smallest absolute Gasteiger partial charge is 0.307 e. The normalized spacial score (nSPS) is 15.4. The molecule has 0 fully saturated rings. The summed E-state index contributed by atoms with van der Waals surface area (Å²) in [6.45, 7) is 1.15. The van der Waals surface area contributed by atoms with Crippen LogP contribution in [0.2, 0.25) is 10.0 Å². The third-order valence-electron chi connectivity index (χ3n) is 3.79. The van der Waals surface area contributed by atoms with Gasteiger partial charge >= 0.3 is 5.97 Å². The molecule has 2 N–H and O–H groups in total. The molecule has 3 rings (SSSR count). The molecule has 10 heteroatoms. The van der Waals surface area contributed by atoms with Gasteiger partial charge in [0.15, 0.2) is 12.4 Å². The van der Waals surface area contributed by atoms with E-state index in [0.29, 0.717) is 16.4 Å². The van der Waals surface area contributed by atoms with E-state index >= 15 is 0 Å². The quantitative estimate of drug-likeness (QED) is 0.689. The molecule has 2 amide bonds. The predicted molar refractivity (Wildman–Crippen MR) is 108 cm³/mol. The van der Waals surface area contributed by atoms with E-state index in [0.717, 1.165) is 4.90 Å². The summed E-state index contributed by atoms with van der Waals surface area (Å²) in [7, 11) is 0. The minimum atomic E-state index is -0.659. The highest BCUT2D eigenvalue weighted by atomic mass is 35.5. The van der Waals surface area contributed by atoms with E-state index in [2.05, 4.69) is 15.6 Å². The van der Waals surface area contributed by atoms with Crippen molar-refractivity contribution in [2.75, 3.05) is 17.2 Å². The number of rotatable bonds is 5. The number of fused-ring (bicyclic) bond motifs is 1. The maximum atomic E-state index is 12.1. The molecule has 0 spiro atoms. The molecule has 2 heterocycles. The van der Waals surface area contributed by atoms with Gasteiger partial charge in [-0.1, -0.05) is 35.3 Å². The van der Waals surface area contributed by atoms with E-state index in [1.54, 1.807) is 13.0 Å². The van der Waals surface area contributed by atoms with Gasteiger partial charge < -0.3 is 15.4 Å². The molecule has 1 atom stereocenters. The van der Waals surface area contributed by atoms with Crippen LogP contribution in [0.15, 0.2) is 35.2 Å². The fourth-order valence-corrected chi connectivity index (χ4v) is 3.90. The Kier molecular flexibility index (Phi) is 6.43. The topological polar surface area (TPSA) is 97.4 Å². The van der Waals surface area contributed by atoms with E-state index in [1.807, 2.05) is 18.2 Å². The van der Waals surface area contributed by atoms with Crippen LogP contribution in [0.3, 0.4) is 0 Å². The van der Waals surface area contributed by atoms with Crippen molar-refractivity contribution in [1.82, 2.24) is 4.98 Å². The average molecular weight is 440 g/mol. The summed E-state index contributed by atoms with van der Waals surface area (Å²) in [5, 5.41) is 5.13. The number of benzene rings is 1. The first-order valence-corrected chi connectivity index (χ1v) is 9.81. The van der Waals surface area contributed by atoms with Crippen LogP contribution in [0, 0.1) is 6.92 Å². The van der Waals surface area contributed by atoms with E-state index in [-0.39, 0.29) is 23.2 Å². The number of hydrogen-bond acceptors (Lipinski definition) is 6. The summed E-state index contributed by atoms with van der Waals surface area (Å²) < 4.78 is 4.97. The minimum Gasteiger partial charge on any atom is -0.456 e. The Morgan fingerprint density at radius 1 is 1.29 bits per heavy atom. The van der Waals surface area contributed by atoms with Crippen LogP contribution < -0.4 is 10.6 Å². The van der Waals surface area contributed by atoms with Crippen LogP contribution in [0.1, 0.15) is 12.1 Å². The number of para-hydroxylation sites is 1. The predicted octanol–water partition coefficient (Wildman–Crippen LogP) is 3.68. The Morgan fingerprint density at radius 2 is 2.04 bits per heavy atom.